The molecule has 1 aromatic heterocycles. The molecule has 5 nitrogen and oxygen atoms in total. The molecule has 2 N–H and O–H groups in total. The average Bonchev–Trinajstić information content (AvgIpc) is 3.25. The summed E-state index contributed by atoms with van der Waals surface area (Å²) < 4.78 is 21.0. The van der Waals surface area contributed by atoms with Gasteiger partial charge in [0.15, 0.2) is 0 Å². The maximum atomic E-state index is 14.8. The predicted octanol–water partition coefficient (Wildman–Crippen LogP) is 8.11. The summed E-state index contributed by atoms with van der Waals surface area (Å²) in [5.74, 6) is 0.461. The molecule has 0 aliphatic heterocycles. The summed E-state index contributed by atoms with van der Waals surface area (Å²) in [4.78, 5) is 17.1. The third-order valence-corrected chi connectivity index (χ3v) is 10.1. The van der Waals surface area contributed by atoms with Crippen molar-refractivity contribution in [2.45, 2.75) is 81.8 Å². The van der Waals surface area contributed by atoms with Crippen LogP contribution in [0.4, 0.5) is 10.1 Å². The van der Waals surface area contributed by atoms with Gasteiger partial charge in [-0.2, -0.15) is 0 Å². The second-order valence-corrected chi connectivity index (χ2v) is 12.9. The molecule has 3 aromatic rings. The summed E-state index contributed by atoms with van der Waals surface area (Å²) in [6, 6.07) is 17.8. The van der Waals surface area contributed by atoms with Crippen LogP contribution in [0.1, 0.15) is 80.4 Å². The van der Waals surface area contributed by atoms with Crippen LogP contribution in [-0.4, -0.2) is 28.2 Å². The number of pyridine rings is 1. The highest BCUT2D eigenvalue weighted by Crippen LogP contribution is 2.56. The number of nitrogens with one attached hydrogen (secondary N) is 1. The summed E-state index contributed by atoms with van der Waals surface area (Å²) >= 11 is 6.20. The number of carboxylic acids is 1. The van der Waals surface area contributed by atoms with Crippen molar-refractivity contribution in [3.8, 4) is 5.75 Å². The van der Waals surface area contributed by atoms with E-state index >= 15 is 0 Å². The van der Waals surface area contributed by atoms with E-state index in [4.69, 9.17) is 16.3 Å². The standard InChI is InChI=1S/C34H38ClFN2O3/c1-22(21-41-30-12-17-37-29-11-5-10-28(36)31(29)30)18-24-19-23-6-2-3-9-27(23)33(24)13-15-34(16-14-33,32(39)40)38-26-8-4-7-25(35)20-26/h2-4,6-9,12,17,20,22,24,28,38H,5,10-11,13-16,18-19,21H2,1H3,(H,39,40)/t22-,24+,28-,33?,34?/m1/s1. The Bertz CT molecular complexity index is 1420. The van der Waals surface area contributed by atoms with Gasteiger partial charge >= 0.3 is 5.97 Å². The fourth-order valence-corrected chi connectivity index (χ4v) is 7.93. The van der Waals surface area contributed by atoms with E-state index in [2.05, 4.69) is 41.5 Å². The van der Waals surface area contributed by atoms with Crippen molar-refractivity contribution in [1.29, 1.82) is 0 Å². The number of hydrogen-bond donors (Lipinski definition) is 2. The van der Waals surface area contributed by atoms with E-state index in [9.17, 15) is 14.3 Å². The quantitative estimate of drug-likeness (QED) is 0.283. The number of alkyl halides is 1. The first-order valence-corrected chi connectivity index (χ1v) is 15.3. The van der Waals surface area contributed by atoms with E-state index in [-0.39, 0.29) is 11.3 Å². The number of rotatable bonds is 8. The summed E-state index contributed by atoms with van der Waals surface area (Å²) in [7, 11) is 0. The molecule has 3 aliphatic rings. The summed E-state index contributed by atoms with van der Waals surface area (Å²) in [5, 5.41) is 14.3. The fraction of sp³-hybridized carbons (Fsp3) is 0.471. The van der Waals surface area contributed by atoms with Crippen molar-refractivity contribution in [3.05, 3.63) is 88.2 Å². The van der Waals surface area contributed by atoms with Gasteiger partial charge in [0.25, 0.3) is 0 Å². The number of halogens is 2. The number of nitrogens with zero attached hydrogens (tertiary/aromatic N) is 1. The van der Waals surface area contributed by atoms with Gasteiger partial charge in [0, 0.05) is 22.5 Å². The molecule has 1 fully saturated rings. The van der Waals surface area contributed by atoms with Crippen LogP contribution in [0, 0.1) is 11.8 Å². The summed E-state index contributed by atoms with van der Waals surface area (Å²) in [6.07, 6.45) is 7.47. The maximum Gasteiger partial charge on any atom is 0.329 e. The minimum atomic E-state index is -1.03. The first-order valence-electron chi connectivity index (χ1n) is 14.9. The maximum absolute atomic E-state index is 14.8. The lowest BCUT2D eigenvalue weighted by atomic mass is 9.59. The van der Waals surface area contributed by atoms with Crippen molar-refractivity contribution in [3.63, 3.8) is 0 Å². The Hall–Kier alpha value is -3.12. The topological polar surface area (TPSA) is 71.5 Å². The molecule has 0 saturated heterocycles. The molecule has 216 valence electrons. The zero-order valence-corrected chi connectivity index (χ0v) is 24.3. The Balaban J connectivity index is 1.19. The highest BCUT2D eigenvalue weighted by Gasteiger charge is 2.54. The number of ether oxygens (including phenoxy) is 1. The van der Waals surface area contributed by atoms with E-state index < -0.39 is 17.7 Å². The number of hydrogen-bond acceptors (Lipinski definition) is 4. The van der Waals surface area contributed by atoms with Crippen molar-refractivity contribution in [2.24, 2.45) is 11.8 Å². The van der Waals surface area contributed by atoms with E-state index in [1.807, 2.05) is 12.1 Å². The second-order valence-electron chi connectivity index (χ2n) is 12.4. The molecule has 7 heteroatoms. The normalized spacial score (nSPS) is 27.6. The molecule has 3 atom stereocenters. The third-order valence-electron chi connectivity index (χ3n) is 9.84. The number of aliphatic carboxylic acids is 1. The molecule has 3 aliphatic carbocycles. The van der Waals surface area contributed by atoms with E-state index in [0.29, 0.717) is 48.1 Å². The van der Waals surface area contributed by atoms with Gasteiger partial charge in [-0.3, -0.25) is 4.98 Å². The number of fused-ring (bicyclic) bond motifs is 3. The van der Waals surface area contributed by atoms with Crippen LogP contribution >= 0.6 is 11.6 Å². The molecule has 1 spiro atoms. The van der Waals surface area contributed by atoms with Gasteiger partial charge in [0.2, 0.25) is 0 Å². The van der Waals surface area contributed by atoms with Crippen molar-refractivity contribution in [2.75, 3.05) is 11.9 Å². The second kappa shape index (κ2) is 11.3. The van der Waals surface area contributed by atoms with Crippen LogP contribution in [0.3, 0.4) is 0 Å². The lowest BCUT2D eigenvalue weighted by Gasteiger charge is -2.47. The third kappa shape index (κ3) is 5.31. The molecule has 1 saturated carbocycles. The number of aromatic nitrogens is 1. The smallest absolute Gasteiger partial charge is 0.329 e. The highest BCUT2D eigenvalue weighted by molar-refractivity contribution is 6.30. The fourth-order valence-electron chi connectivity index (χ4n) is 7.74. The number of benzene rings is 2. The Labute approximate surface area is 246 Å². The molecule has 0 amide bonds. The van der Waals surface area contributed by atoms with Gasteiger partial charge in [0.1, 0.15) is 17.5 Å². The SMILES string of the molecule is C[C@@H](COc1ccnc2c1[C@H](F)CCC2)C[C@H]1Cc2ccccc2C12CCC(Nc1cccc(Cl)c1)(C(=O)O)CC2. The Morgan fingerprint density at radius 1 is 1.17 bits per heavy atom. The lowest BCUT2D eigenvalue weighted by molar-refractivity contribution is -0.144. The Morgan fingerprint density at radius 3 is 2.76 bits per heavy atom. The van der Waals surface area contributed by atoms with Crippen molar-refractivity contribution < 1.29 is 19.0 Å². The number of carboxylic acid groups (broad SMARTS) is 1. The zero-order valence-electron chi connectivity index (χ0n) is 23.5. The van der Waals surface area contributed by atoms with Gasteiger partial charge in [-0.05, 0) is 110 Å². The van der Waals surface area contributed by atoms with Gasteiger partial charge in [-0.15, -0.1) is 0 Å². The van der Waals surface area contributed by atoms with Crippen LogP contribution in [0.2, 0.25) is 5.02 Å². The largest absolute Gasteiger partial charge is 0.493 e. The van der Waals surface area contributed by atoms with Crippen molar-refractivity contribution in [1.82, 2.24) is 4.98 Å². The first kappa shape index (κ1) is 28.0. The van der Waals surface area contributed by atoms with Gasteiger partial charge < -0.3 is 15.2 Å². The van der Waals surface area contributed by atoms with Crippen LogP contribution in [0.25, 0.3) is 0 Å². The van der Waals surface area contributed by atoms with Crippen LogP contribution in [0.15, 0.2) is 60.8 Å². The molecule has 0 radical (unpaired) electrons. The monoisotopic (exact) mass is 576 g/mol. The van der Waals surface area contributed by atoms with Crippen molar-refractivity contribution >= 4 is 23.3 Å². The van der Waals surface area contributed by atoms with Gasteiger partial charge in [-0.1, -0.05) is 48.9 Å². The van der Waals surface area contributed by atoms with Crippen LogP contribution < -0.4 is 10.1 Å². The molecule has 41 heavy (non-hydrogen) atoms. The van der Waals surface area contributed by atoms with E-state index in [1.165, 1.54) is 11.1 Å². The lowest BCUT2D eigenvalue weighted by Crippen LogP contribution is -2.53. The molecule has 0 unspecified atom stereocenters. The highest BCUT2D eigenvalue weighted by atomic mass is 35.5. The Kier molecular flexibility index (Phi) is 7.71. The molecular formula is C34H38ClFN2O3. The summed E-state index contributed by atoms with van der Waals surface area (Å²) in [5.41, 5.74) is 3.85. The van der Waals surface area contributed by atoms with Crippen LogP contribution in [0.5, 0.6) is 5.75 Å². The molecule has 6 rings (SSSR count). The summed E-state index contributed by atoms with van der Waals surface area (Å²) in [6.45, 7) is 2.73. The van der Waals surface area contributed by atoms with Crippen LogP contribution in [-0.2, 0) is 23.1 Å². The average molecular weight is 577 g/mol. The number of aryl methyl sites for hydroxylation is 1. The first-order chi connectivity index (χ1) is 19.8. The van der Waals surface area contributed by atoms with Gasteiger partial charge in [0.05, 0.1) is 12.3 Å². The minimum absolute atomic E-state index is 0.0698. The zero-order chi connectivity index (χ0) is 28.6. The molecule has 1 heterocycles. The Morgan fingerprint density at radius 2 is 1.98 bits per heavy atom. The van der Waals surface area contributed by atoms with Gasteiger partial charge in [-0.25, -0.2) is 9.18 Å². The molecule has 2 aromatic carbocycles. The number of anilines is 1. The molecular weight excluding hydrogens is 539 g/mol. The molecule has 0 bridgehead atoms. The van der Waals surface area contributed by atoms with E-state index in [0.717, 1.165) is 49.9 Å². The van der Waals surface area contributed by atoms with E-state index in [1.54, 1.807) is 24.4 Å². The predicted molar refractivity (Wildman–Crippen MR) is 160 cm³/mol. The number of carbonyl (C=O) groups is 1. The minimum Gasteiger partial charge on any atom is -0.493 e.